The summed E-state index contributed by atoms with van der Waals surface area (Å²) in [5, 5.41) is 0. The van der Waals surface area contributed by atoms with E-state index in [-0.39, 0.29) is 17.1 Å². The van der Waals surface area contributed by atoms with Gasteiger partial charge in [-0.2, -0.15) is 4.99 Å². The molecule has 0 aliphatic heterocycles. The number of amides is 1. The molecule has 1 aliphatic rings. The van der Waals surface area contributed by atoms with Gasteiger partial charge < -0.3 is 11.5 Å². The number of benzene rings is 1. The molecular weight excluding hydrogens is 451 g/mol. The van der Waals surface area contributed by atoms with Crippen LogP contribution in [0.4, 0.5) is 8.78 Å². The van der Waals surface area contributed by atoms with E-state index in [4.69, 9.17) is 11.5 Å². The molecule has 0 saturated heterocycles. The highest BCUT2D eigenvalue weighted by Gasteiger charge is 2.23. The monoisotopic (exact) mass is 467 g/mol. The predicted molar refractivity (Wildman–Crippen MR) is 108 cm³/mol. The van der Waals surface area contributed by atoms with Gasteiger partial charge in [-0.25, -0.2) is 8.78 Å². The highest BCUT2D eigenvalue weighted by molar-refractivity contribution is 14.1. The maximum Gasteiger partial charge on any atom is 0.280 e. The molecular formula is C19H16F2IN3O. The minimum atomic E-state index is -0.800. The van der Waals surface area contributed by atoms with Crippen LogP contribution in [0.25, 0.3) is 5.57 Å². The second-order valence-electron chi connectivity index (χ2n) is 5.40. The SMILES string of the molecule is C=C=C/C(F)=C(C1=CCCc2ccc(C(=O)N=C(N)N)cc21)\C(F)=C/I. The predicted octanol–water partition coefficient (Wildman–Crippen LogP) is 4.24. The third kappa shape index (κ3) is 4.36. The summed E-state index contributed by atoms with van der Waals surface area (Å²) in [6.07, 6.45) is 4.02. The van der Waals surface area contributed by atoms with Gasteiger partial charge in [0.25, 0.3) is 5.91 Å². The average Bonchev–Trinajstić information content (AvgIpc) is 2.61. The lowest BCUT2D eigenvalue weighted by Crippen LogP contribution is -2.24. The number of allylic oxidation sites excluding steroid dienone is 6. The second-order valence-corrected chi connectivity index (χ2v) is 6.02. The van der Waals surface area contributed by atoms with Gasteiger partial charge >= 0.3 is 0 Å². The van der Waals surface area contributed by atoms with Crippen LogP contribution in [0, 0.1) is 0 Å². The van der Waals surface area contributed by atoms with Crippen molar-refractivity contribution in [2.75, 3.05) is 0 Å². The lowest BCUT2D eigenvalue weighted by molar-refractivity contribution is 0.100. The van der Waals surface area contributed by atoms with Crippen molar-refractivity contribution in [2.24, 2.45) is 16.5 Å². The van der Waals surface area contributed by atoms with E-state index in [0.29, 0.717) is 24.0 Å². The summed E-state index contributed by atoms with van der Waals surface area (Å²) < 4.78 is 30.0. The first-order valence-electron chi connectivity index (χ1n) is 7.58. The van der Waals surface area contributed by atoms with Crippen LogP contribution in [0.1, 0.15) is 27.9 Å². The number of rotatable bonds is 4. The quantitative estimate of drug-likeness (QED) is 0.229. The van der Waals surface area contributed by atoms with Crippen molar-refractivity contribution < 1.29 is 13.6 Å². The minimum Gasteiger partial charge on any atom is -0.370 e. The number of carbonyl (C=O) groups is 1. The molecule has 0 unspecified atom stereocenters. The molecule has 1 aromatic carbocycles. The third-order valence-corrected chi connectivity index (χ3v) is 4.26. The molecule has 1 aliphatic carbocycles. The Morgan fingerprint density at radius 3 is 2.69 bits per heavy atom. The van der Waals surface area contributed by atoms with Crippen LogP contribution in [0.15, 0.2) is 69.0 Å². The molecule has 26 heavy (non-hydrogen) atoms. The molecule has 0 spiro atoms. The number of aryl methyl sites for hydroxylation is 1. The molecule has 0 radical (unpaired) electrons. The van der Waals surface area contributed by atoms with Gasteiger partial charge in [-0.15, -0.1) is 5.73 Å². The number of hydrogen-bond acceptors (Lipinski definition) is 1. The van der Waals surface area contributed by atoms with E-state index in [9.17, 15) is 13.6 Å². The van der Waals surface area contributed by atoms with E-state index in [1.54, 1.807) is 46.9 Å². The number of fused-ring (bicyclic) bond motifs is 1. The lowest BCUT2D eigenvalue weighted by atomic mass is 9.85. The lowest BCUT2D eigenvalue weighted by Gasteiger charge is -2.20. The first kappa shape index (κ1) is 19.8. The first-order valence-corrected chi connectivity index (χ1v) is 8.83. The molecule has 4 nitrogen and oxygen atoms in total. The molecule has 0 fully saturated rings. The number of aliphatic imine (C=N–C) groups is 1. The van der Waals surface area contributed by atoms with Crippen molar-refractivity contribution in [3.8, 4) is 0 Å². The zero-order valence-electron chi connectivity index (χ0n) is 13.7. The summed E-state index contributed by atoms with van der Waals surface area (Å²) in [5.74, 6) is -2.51. The normalized spacial score (nSPS) is 14.4. The summed E-state index contributed by atoms with van der Waals surface area (Å²) in [6.45, 7) is 3.32. The average molecular weight is 467 g/mol. The van der Waals surface area contributed by atoms with E-state index >= 15 is 0 Å². The summed E-state index contributed by atoms with van der Waals surface area (Å²) in [4.78, 5) is 15.6. The number of carbonyl (C=O) groups excluding carboxylic acids is 1. The van der Waals surface area contributed by atoms with Crippen molar-refractivity contribution in [3.63, 3.8) is 0 Å². The molecule has 0 atom stereocenters. The van der Waals surface area contributed by atoms with Crippen LogP contribution in [-0.4, -0.2) is 11.9 Å². The summed E-state index contributed by atoms with van der Waals surface area (Å²) in [5.41, 5.74) is 14.6. The van der Waals surface area contributed by atoms with E-state index in [1.807, 2.05) is 0 Å². The molecule has 134 valence electrons. The van der Waals surface area contributed by atoms with Crippen molar-refractivity contribution in [1.29, 1.82) is 0 Å². The molecule has 0 bridgehead atoms. The zero-order valence-corrected chi connectivity index (χ0v) is 15.9. The van der Waals surface area contributed by atoms with Crippen molar-refractivity contribution in [1.82, 2.24) is 0 Å². The fourth-order valence-electron chi connectivity index (χ4n) is 2.67. The topological polar surface area (TPSA) is 81.5 Å². The Labute approximate surface area is 163 Å². The second kappa shape index (κ2) is 8.73. The fourth-order valence-corrected chi connectivity index (χ4v) is 2.98. The van der Waals surface area contributed by atoms with Gasteiger partial charge in [-0.05, 0) is 64.3 Å². The standard InChI is InChI=1S/C19H16F2IN3O/c1-2-4-15(20)17(16(21)10-22)13-6-3-5-11-7-8-12(9-14(11)13)18(26)25-19(23)24/h4,6-10H,1,3,5H2,(H4,23,24,25,26)/b16-10+,17-15+. The Bertz CT molecular complexity index is 919. The van der Waals surface area contributed by atoms with Gasteiger partial charge in [0, 0.05) is 15.7 Å². The van der Waals surface area contributed by atoms with Crippen LogP contribution >= 0.6 is 22.6 Å². The van der Waals surface area contributed by atoms with Crippen molar-refractivity contribution >= 4 is 40.0 Å². The summed E-state index contributed by atoms with van der Waals surface area (Å²) >= 11 is 1.70. The summed E-state index contributed by atoms with van der Waals surface area (Å²) in [6, 6.07) is 4.87. The number of nitrogens with zero attached hydrogens (tertiary/aromatic N) is 1. The molecule has 1 aromatic rings. The Morgan fingerprint density at radius 2 is 2.08 bits per heavy atom. The van der Waals surface area contributed by atoms with Gasteiger partial charge in [0.2, 0.25) is 0 Å². The van der Waals surface area contributed by atoms with Gasteiger partial charge in [-0.1, -0.05) is 18.7 Å². The number of hydrogen-bond donors (Lipinski definition) is 2. The van der Waals surface area contributed by atoms with Gasteiger partial charge in [-0.3, -0.25) is 4.79 Å². The molecule has 0 saturated carbocycles. The Balaban J connectivity index is 2.66. The van der Waals surface area contributed by atoms with Crippen LogP contribution in [0.3, 0.4) is 0 Å². The highest BCUT2D eigenvalue weighted by Crippen LogP contribution is 2.38. The number of guanidine groups is 1. The van der Waals surface area contributed by atoms with E-state index in [0.717, 1.165) is 15.7 Å². The number of halogens is 3. The zero-order chi connectivity index (χ0) is 19.3. The Morgan fingerprint density at radius 1 is 1.35 bits per heavy atom. The molecule has 0 aromatic heterocycles. The molecule has 7 heteroatoms. The van der Waals surface area contributed by atoms with Gasteiger partial charge in [0.1, 0.15) is 11.7 Å². The molecule has 1 amide bonds. The van der Waals surface area contributed by atoms with Crippen molar-refractivity contribution in [2.45, 2.75) is 12.8 Å². The fraction of sp³-hybridized carbons (Fsp3) is 0.105. The van der Waals surface area contributed by atoms with Crippen LogP contribution in [-0.2, 0) is 6.42 Å². The van der Waals surface area contributed by atoms with E-state index in [1.165, 1.54) is 0 Å². The Hall–Kier alpha value is -2.51. The van der Waals surface area contributed by atoms with Crippen LogP contribution in [0.2, 0.25) is 0 Å². The molecule has 4 N–H and O–H groups in total. The third-order valence-electron chi connectivity index (χ3n) is 3.71. The largest absolute Gasteiger partial charge is 0.370 e. The Kier molecular flexibility index (Phi) is 6.65. The molecule has 2 rings (SSSR count). The van der Waals surface area contributed by atoms with E-state index in [2.05, 4.69) is 17.3 Å². The summed E-state index contributed by atoms with van der Waals surface area (Å²) in [7, 11) is 0. The molecule has 0 heterocycles. The number of nitrogens with two attached hydrogens (primary N) is 2. The van der Waals surface area contributed by atoms with Crippen LogP contribution < -0.4 is 11.5 Å². The van der Waals surface area contributed by atoms with E-state index < -0.39 is 17.6 Å². The maximum absolute atomic E-state index is 14.5. The first-order chi connectivity index (χ1) is 12.4. The van der Waals surface area contributed by atoms with Crippen molar-refractivity contribution in [3.05, 3.63) is 80.7 Å². The van der Waals surface area contributed by atoms with Crippen LogP contribution in [0.5, 0.6) is 0 Å². The minimum absolute atomic E-state index is 0.206. The highest BCUT2D eigenvalue weighted by atomic mass is 127. The van der Waals surface area contributed by atoms with Gasteiger partial charge in [0.15, 0.2) is 5.96 Å². The maximum atomic E-state index is 14.5. The van der Waals surface area contributed by atoms with Gasteiger partial charge in [0.05, 0.1) is 5.57 Å². The smallest absolute Gasteiger partial charge is 0.280 e.